The molecular weight excluding hydrogens is 462 g/mol. The molecule has 1 aliphatic rings. The fourth-order valence-electron chi connectivity index (χ4n) is 5.48. The molecule has 1 saturated carbocycles. The average Bonchev–Trinajstić information content (AvgIpc) is 3.51. The third-order valence-electron chi connectivity index (χ3n) is 7.57. The second-order valence-corrected chi connectivity index (χ2v) is 10.4. The number of benzene rings is 2. The number of nitrogens with one attached hydrogen (secondary N) is 2. The van der Waals surface area contributed by atoms with E-state index in [-0.39, 0.29) is 0 Å². The minimum Gasteiger partial charge on any atom is -0.369 e. The minimum atomic E-state index is 0.602. The zero-order valence-electron chi connectivity index (χ0n) is 21.6. The Balaban J connectivity index is 1.34. The molecule has 37 heavy (non-hydrogen) atoms. The standard InChI is InChI=1S/C28H33N9/c1-36(2)21-12-9-19(10-13-21)17-29-27-25-22-14-11-20(26-33-35-37(3)34-26)16-23(22)30-28(25)32-24(31-27)15-18-7-5-4-6-8-18/h4-8,11,14,16,19,21H,9-10,12-13,15,17H2,1-3H3,(H2,29,30,31,32). The largest absolute Gasteiger partial charge is 0.369 e. The Morgan fingerprint density at radius 3 is 2.57 bits per heavy atom. The van der Waals surface area contributed by atoms with Crippen molar-refractivity contribution in [3.63, 3.8) is 0 Å². The summed E-state index contributed by atoms with van der Waals surface area (Å²) in [7, 11) is 6.16. The van der Waals surface area contributed by atoms with Gasteiger partial charge in [-0.25, -0.2) is 9.97 Å². The summed E-state index contributed by atoms with van der Waals surface area (Å²) >= 11 is 0. The van der Waals surface area contributed by atoms with Gasteiger partial charge in [-0.1, -0.05) is 42.5 Å². The van der Waals surface area contributed by atoms with E-state index in [2.05, 4.69) is 81.1 Å². The number of hydrogen-bond donors (Lipinski definition) is 2. The van der Waals surface area contributed by atoms with Crippen molar-refractivity contribution in [1.82, 2.24) is 40.1 Å². The molecule has 1 aliphatic carbocycles. The summed E-state index contributed by atoms with van der Waals surface area (Å²) in [5, 5.41) is 18.4. The number of nitrogens with zero attached hydrogens (tertiary/aromatic N) is 7. The normalized spacial score (nSPS) is 18.2. The monoisotopic (exact) mass is 495 g/mol. The van der Waals surface area contributed by atoms with Crippen molar-refractivity contribution in [2.24, 2.45) is 13.0 Å². The van der Waals surface area contributed by atoms with Gasteiger partial charge >= 0.3 is 0 Å². The lowest BCUT2D eigenvalue weighted by atomic mass is 9.85. The van der Waals surface area contributed by atoms with Gasteiger partial charge in [0.25, 0.3) is 0 Å². The van der Waals surface area contributed by atoms with Crippen LogP contribution >= 0.6 is 0 Å². The Labute approximate surface area is 216 Å². The highest BCUT2D eigenvalue weighted by atomic mass is 15.6. The van der Waals surface area contributed by atoms with Gasteiger partial charge in [-0.15, -0.1) is 10.2 Å². The number of H-pyrrole nitrogens is 1. The van der Waals surface area contributed by atoms with Crippen molar-refractivity contribution in [3.8, 4) is 11.4 Å². The highest BCUT2D eigenvalue weighted by Crippen LogP contribution is 2.33. The van der Waals surface area contributed by atoms with Crippen LogP contribution in [0.2, 0.25) is 0 Å². The fraction of sp³-hybridized carbons (Fsp3) is 0.393. The summed E-state index contributed by atoms with van der Waals surface area (Å²) in [6.07, 6.45) is 5.67. The van der Waals surface area contributed by atoms with Gasteiger partial charge in [0.05, 0.1) is 12.4 Å². The van der Waals surface area contributed by atoms with Gasteiger partial charge in [0, 0.05) is 35.5 Å². The first kappa shape index (κ1) is 23.5. The van der Waals surface area contributed by atoms with Crippen LogP contribution in [0.25, 0.3) is 33.3 Å². The van der Waals surface area contributed by atoms with Gasteiger partial charge in [0.2, 0.25) is 5.82 Å². The van der Waals surface area contributed by atoms with E-state index in [1.54, 1.807) is 7.05 Å². The number of anilines is 1. The van der Waals surface area contributed by atoms with Crippen LogP contribution in [0.5, 0.6) is 0 Å². The van der Waals surface area contributed by atoms with E-state index in [9.17, 15) is 0 Å². The molecule has 1 fully saturated rings. The molecule has 0 spiro atoms. The van der Waals surface area contributed by atoms with E-state index in [1.807, 2.05) is 12.1 Å². The molecule has 9 nitrogen and oxygen atoms in total. The molecule has 2 N–H and O–H groups in total. The Bertz CT molecular complexity index is 1510. The highest BCUT2D eigenvalue weighted by molar-refractivity contribution is 6.11. The number of rotatable bonds is 7. The van der Waals surface area contributed by atoms with Gasteiger partial charge < -0.3 is 15.2 Å². The van der Waals surface area contributed by atoms with Crippen molar-refractivity contribution in [2.75, 3.05) is 26.0 Å². The summed E-state index contributed by atoms with van der Waals surface area (Å²) in [6.45, 7) is 0.922. The summed E-state index contributed by atoms with van der Waals surface area (Å²) < 4.78 is 0. The molecule has 190 valence electrons. The van der Waals surface area contributed by atoms with E-state index >= 15 is 0 Å². The van der Waals surface area contributed by atoms with Gasteiger partial charge in [0.15, 0.2) is 0 Å². The van der Waals surface area contributed by atoms with E-state index in [0.717, 1.165) is 45.7 Å². The predicted molar refractivity (Wildman–Crippen MR) is 146 cm³/mol. The number of aromatic nitrogens is 7. The molecule has 3 heterocycles. The molecule has 0 radical (unpaired) electrons. The molecule has 2 aromatic carbocycles. The highest BCUT2D eigenvalue weighted by Gasteiger charge is 2.23. The Morgan fingerprint density at radius 2 is 1.84 bits per heavy atom. The Morgan fingerprint density at radius 1 is 1.03 bits per heavy atom. The zero-order chi connectivity index (χ0) is 25.4. The third kappa shape index (κ3) is 4.91. The lowest BCUT2D eigenvalue weighted by Gasteiger charge is -2.32. The first-order valence-corrected chi connectivity index (χ1v) is 13.0. The van der Waals surface area contributed by atoms with Crippen molar-refractivity contribution in [2.45, 2.75) is 38.1 Å². The van der Waals surface area contributed by atoms with Crippen LogP contribution in [0.3, 0.4) is 0 Å². The quantitative estimate of drug-likeness (QED) is 0.345. The molecule has 0 saturated heterocycles. The van der Waals surface area contributed by atoms with Crippen LogP contribution < -0.4 is 5.32 Å². The van der Waals surface area contributed by atoms with Gasteiger partial charge in [0.1, 0.15) is 17.3 Å². The SMILES string of the molecule is CN(C)C1CCC(CNc2nc(Cc3ccccc3)nc3[nH]c4cc(-c5nnn(C)n5)ccc4c23)CC1. The number of hydrogen-bond acceptors (Lipinski definition) is 7. The van der Waals surface area contributed by atoms with Crippen LogP contribution in [-0.2, 0) is 13.5 Å². The van der Waals surface area contributed by atoms with E-state index in [0.29, 0.717) is 24.2 Å². The van der Waals surface area contributed by atoms with Crippen molar-refractivity contribution >= 4 is 27.8 Å². The molecule has 0 amide bonds. The summed E-state index contributed by atoms with van der Waals surface area (Å²) in [5.74, 6) is 2.96. The molecule has 6 rings (SSSR count). The smallest absolute Gasteiger partial charge is 0.204 e. The van der Waals surface area contributed by atoms with Gasteiger partial charge in [-0.05, 0) is 62.5 Å². The van der Waals surface area contributed by atoms with Gasteiger partial charge in [-0.3, -0.25) is 0 Å². The molecule has 0 atom stereocenters. The molecule has 0 bridgehead atoms. The average molecular weight is 496 g/mol. The zero-order valence-corrected chi connectivity index (χ0v) is 21.6. The maximum atomic E-state index is 5.04. The van der Waals surface area contributed by atoms with Crippen molar-refractivity contribution in [3.05, 3.63) is 59.9 Å². The topological polar surface area (TPSA) is 100 Å². The van der Waals surface area contributed by atoms with Crippen LogP contribution in [-0.4, -0.2) is 66.7 Å². The van der Waals surface area contributed by atoms with Crippen molar-refractivity contribution < 1.29 is 0 Å². The van der Waals surface area contributed by atoms with Crippen LogP contribution in [0.15, 0.2) is 48.5 Å². The first-order valence-electron chi connectivity index (χ1n) is 13.0. The first-order chi connectivity index (χ1) is 18.0. The fourth-order valence-corrected chi connectivity index (χ4v) is 5.48. The van der Waals surface area contributed by atoms with E-state index in [4.69, 9.17) is 9.97 Å². The number of tetrazole rings is 1. The second kappa shape index (κ2) is 9.89. The van der Waals surface area contributed by atoms with Crippen LogP contribution in [0.4, 0.5) is 5.82 Å². The van der Waals surface area contributed by atoms with E-state index in [1.165, 1.54) is 36.0 Å². The maximum absolute atomic E-state index is 5.04. The van der Waals surface area contributed by atoms with Crippen LogP contribution in [0, 0.1) is 5.92 Å². The van der Waals surface area contributed by atoms with E-state index < -0.39 is 0 Å². The van der Waals surface area contributed by atoms with Crippen molar-refractivity contribution in [1.29, 1.82) is 0 Å². The number of fused-ring (bicyclic) bond motifs is 3. The molecule has 3 aromatic heterocycles. The molecule has 5 aromatic rings. The summed E-state index contributed by atoms with van der Waals surface area (Å²) in [6, 6.07) is 17.3. The second-order valence-electron chi connectivity index (χ2n) is 10.4. The Kier molecular flexibility index (Phi) is 6.30. The van der Waals surface area contributed by atoms with Gasteiger partial charge in [-0.2, -0.15) is 4.80 Å². The molecule has 0 aliphatic heterocycles. The molecular formula is C28H33N9. The number of aromatic amines is 1. The Hall–Kier alpha value is -3.85. The molecule has 0 unspecified atom stereocenters. The lowest BCUT2D eigenvalue weighted by Crippen LogP contribution is -2.33. The third-order valence-corrected chi connectivity index (χ3v) is 7.57. The number of aryl methyl sites for hydroxylation is 1. The lowest BCUT2D eigenvalue weighted by molar-refractivity contribution is 0.198. The minimum absolute atomic E-state index is 0.602. The van der Waals surface area contributed by atoms with Crippen LogP contribution in [0.1, 0.15) is 37.1 Å². The predicted octanol–water partition coefficient (Wildman–Crippen LogP) is 4.42. The summed E-state index contributed by atoms with van der Waals surface area (Å²) in [4.78, 5) is 17.4. The molecule has 9 heteroatoms. The maximum Gasteiger partial charge on any atom is 0.204 e. The summed E-state index contributed by atoms with van der Waals surface area (Å²) in [5.41, 5.74) is 3.94.